The average Bonchev–Trinajstić information content (AvgIpc) is 3.64. The van der Waals surface area contributed by atoms with Crippen LogP contribution in [0.25, 0.3) is 12.2 Å². The number of esters is 2. The molecule has 2 atom stereocenters. The molecular weight excluding hydrogens is 978 g/mol. The Kier molecular flexibility index (Phi) is 27.9. The summed E-state index contributed by atoms with van der Waals surface area (Å²) in [6.45, 7) is 6.32. The number of halogens is 3. The molecule has 2 N–H and O–H groups in total. The van der Waals surface area contributed by atoms with E-state index in [2.05, 4.69) is 4.74 Å². The second kappa shape index (κ2) is 30.9. The van der Waals surface area contributed by atoms with Crippen LogP contribution in [0, 0.1) is 10.5 Å². The number of allylic oxidation sites excluding steroid dienone is 1. The van der Waals surface area contributed by atoms with Gasteiger partial charge in [-0.2, -0.15) is 9.59 Å². The molecule has 0 saturated carbocycles. The van der Waals surface area contributed by atoms with E-state index in [4.69, 9.17) is 57.9 Å². The number of fused-ring (bicyclic) bond motifs is 1. The number of aryl methyl sites for hydroxylation is 1. The van der Waals surface area contributed by atoms with E-state index in [9.17, 15) is 29.4 Å². The number of alkyl halides is 2. The number of phenolic OH excluding ortho intramolecular Hbond substituents is 2. The first kappa shape index (κ1) is 56.9. The average molecular weight is 1030 g/mol. The van der Waals surface area contributed by atoms with Gasteiger partial charge in [0.2, 0.25) is 0 Å². The monoisotopic (exact) mass is 1030 g/mol. The Morgan fingerprint density at radius 1 is 0.778 bits per heavy atom. The molecule has 4 aromatic carbocycles. The van der Waals surface area contributed by atoms with Crippen LogP contribution in [0.15, 0.2) is 91.0 Å². The number of hydrogen-bond donors (Lipinski definition) is 2. The Hall–Kier alpha value is -6.07. The molecule has 0 bridgehead atoms. The van der Waals surface area contributed by atoms with E-state index in [-0.39, 0.29) is 30.4 Å². The van der Waals surface area contributed by atoms with E-state index in [0.29, 0.717) is 28.4 Å². The molecule has 0 spiro atoms. The molecule has 342 valence electrons. The van der Waals surface area contributed by atoms with Gasteiger partial charge in [0.15, 0.2) is 23.0 Å². The van der Waals surface area contributed by atoms with Gasteiger partial charge in [0.1, 0.15) is 17.8 Å². The van der Waals surface area contributed by atoms with Gasteiger partial charge < -0.3 is 33.9 Å². The SMILES string of the molecule is C.C/C=C/c1cc(OC)c2c(c1)[C@H](C(=O)OC)[C@@H](c1ccc(O)c(OC)c1)O2.CC(=O)OI(OC(C)=O)c1ccccc1.COC(=O)/C=C/c1ccc(O)c(C)c1.ClCCl.O=C=O. The van der Waals surface area contributed by atoms with Crippen LogP contribution >= 0.6 is 43.9 Å². The van der Waals surface area contributed by atoms with Crippen molar-refractivity contribution in [1.29, 1.82) is 0 Å². The maximum atomic E-state index is 12.6. The van der Waals surface area contributed by atoms with Crippen LogP contribution in [0.3, 0.4) is 0 Å². The molecule has 0 amide bonds. The third-order valence-corrected chi connectivity index (χ3v) is 11.4. The Bertz CT molecular complexity index is 2160. The van der Waals surface area contributed by atoms with E-state index in [1.54, 1.807) is 62.6 Å². The third-order valence-electron chi connectivity index (χ3n) is 7.66. The van der Waals surface area contributed by atoms with Crippen LogP contribution < -0.4 is 14.2 Å². The summed E-state index contributed by atoms with van der Waals surface area (Å²) in [5, 5.41) is 19.3. The number of ether oxygens (including phenoxy) is 5. The molecule has 5 rings (SSSR count). The topological polar surface area (TPSA) is 207 Å². The summed E-state index contributed by atoms with van der Waals surface area (Å²) in [7, 11) is 5.70. The maximum Gasteiger partial charge on any atom is 0.373 e. The predicted molar refractivity (Wildman–Crippen MR) is 245 cm³/mol. The van der Waals surface area contributed by atoms with Gasteiger partial charge in [-0.05, 0) is 78.6 Å². The molecule has 15 nitrogen and oxygen atoms in total. The van der Waals surface area contributed by atoms with E-state index < -0.39 is 56.5 Å². The number of carbonyl (C=O) groups excluding carboxylic acids is 6. The molecule has 63 heavy (non-hydrogen) atoms. The largest absolute Gasteiger partial charge is 0.508 e. The van der Waals surface area contributed by atoms with Crippen LogP contribution in [-0.2, 0) is 44.4 Å². The first-order valence-corrected chi connectivity index (χ1v) is 21.8. The minimum Gasteiger partial charge on any atom is -0.508 e. The van der Waals surface area contributed by atoms with Gasteiger partial charge in [-0.1, -0.05) is 31.7 Å². The Morgan fingerprint density at radius 2 is 1.35 bits per heavy atom. The van der Waals surface area contributed by atoms with Crippen molar-refractivity contribution in [3.63, 3.8) is 0 Å². The number of phenols is 2. The summed E-state index contributed by atoms with van der Waals surface area (Å²) in [4.78, 5) is 61.3. The summed E-state index contributed by atoms with van der Waals surface area (Å²) in [5.41, 5.74) is 3.91. The minimum absolute atomic E-state index is 0. The van der Waals surface area contributed by atoms with Gasteiger partial charge >= 0.3 is 114 Å². The van der Waals surface area contributed by atoms with Crippen LogP contribution in [0.5, 0.6) is 28.7 Å². The summed E-state index contributed by atoms with van der Waals surface area (Å²) < 4.78 is 37.1. The summed E-state index contributed by atoms with van der Waals surface area (Å²) in [6.07, 6.45) is 6.43. The van der Waals surface area contributed by atoms with E-state index >= 15 is 0 Å². The number of carbonyl (C=O) groups is 4. The summed E-state index contributed by atoms with van der Waals surface area (Å²) in [6, 6.07) is 22.8. The number of rotatable bonds is 10. The van der Waals surface area contributed by atoms with Crippen molar-refractivity contribution in [2.75, 3.05) is 33.8 Å². The molecule has 18 heteroatoms. The molecular formula is C45H51Cl2IO15. The standard InChI is InChI=1S/C21H22O6.C11H12O3.C10H11IO4.CH2Cl2.CO2.CH4/c1-5-6-12-9-14-18(21(23)26-4)19(27-20(14)17(10-12)25-3)13-7-8-15(22)16(11-13)24-2;1-8-7-9(3-5-10(8)12)4-6-11(13)14-2;1-8(12)14-11(15-9(2)13)10-6-4-3-5-7-10;2*2-1-3;/h5-11,18-19,22H,1-4H3;3-7,12H,1-2H3;3-7H,1-2H3;1H2;;1H4/b6-5+;6-4+;;;;/t18-,19+;;;;;/m0...../s1. The quantitative estimate of drug-likeness (QED) is 0.0656. The van der Waals surface area contributed by atoms with Gasteiger partial charge in [0, 0.05) is 11.6 Å². The van der Waals surface area contributed by atoms with Crippen molar-refractivity contribution >= 4 is 86.0 Å². The van der Waals surface area contributed by atoms with Crippen LogP contribution in [0.4, 0.5) is 0 Å². The molecule has 0 unspecified atom stereocenters. The molecule has 0 fully saturated rings. The second-order valence-corrected chi connectivity index (χ2v) is 16.0. The normalized spacial score (nSPS) is 13.0. The first-order chi connectivity index (χ1) is 29.6. The van der Waals surface area contributed by atoms with Gasteiger partial charge in [0.05, 0.1) is 33.8 Å². The Labute approximate surface area is 384 Å². The minimum atomic E-state index is -2.59. The molecule has 0 aromatic heterocycles. The number of methoxy groups -OCH3 is 4. The Morgan fingerprint density at radius 3 is 1.84 bits per heavy atom. The molecule has 0 saturated heterocycles. The molecule has 1 aliphatic heterocycles. The van der Waals surface area contributed by atoms with Gasteiger partial charge in [0.25, 0.3) is 0 Å². The van der Waals surface area contributed by atoms with Crippen molar-refractivity contribution in [3.05, 3.63) is 122 Å². The van der Waals surface area contributed by atoms with Gasteiger partial charge in [-0.3, -0.25) is 4.79 Å². The van der Waals surface area contributed by atoms with Crippen molar-refractivity contribution < 1.29 is 68.8 Å². The number of benzene rings is 4. The van der Waals surface area contributed by atoms with Crippen molar-refractivity contribution in [2.45, 2.75) is 47.1 Å². The van der Waals surface area contributed by atoms with Crippen molar-refractivity contribution in [1.82, 2.24) is 0 Å². The molecule has 0 aliphatic carbocycles. The summed E-state index contributed by atoms with van der Waals surface area (Å²) >= 11 is 6.94. The zero-order valence-electron chi connectivity index (χ0n) is 35.0. The van der Waals surface area contributed by atoms with Crippen molar-refractivity contribution in [3.8, 4) is 28.7 Å². The second-order valence-electron chi connectivity index (χ2n) is 11.8. The fraction of sp³-hybridized carbons (Fsp3) is 0.267. The zero-order valence-corrected chi connectivity index (χ0v) is 38.7. The van der Waals surface area contributed by atoms with Crippen molar-refractivity contribution in [2.24, 2.45) is 0 Å². The molecule has 1 aliphatic rings. The first-order valence-electron chi connectivity index (χ1n) is 17.9. The van der Waals surface area contributed by atoms with E-state index in [1.807, 2.05) is 49.4 Å². The van der Waals surface area contributed by atoms with Crippen LogP contribution in [-0.4, -0.2) is 74.0 Å². The predicted octanol–water partition coefficient (Wildman–Crippen LogP) is 9.51. The van der Waals surface area contributed by atoms with Gasteiger partial charge in [-0.25, -0.2) is 4.79 Å². The third kappa shape index (κ3) is 19.2. The van der Waals surface area contributed by atoms with E-state index in [0.717, 1.165) is 20.3 Å². The molecule has 0 radical (unpaired) electrons. The molecule has 4 aromatic rings. The van der Waals surface area contributed by atoms with E-state index in [1.165, 1.54) is 47.3 Å². The van der Waals surface area contributed by atoms with Gasteiger partial charge in [-0.15, -0.1) is 23.2 Å². The zero-order chi connectivity index (χ0) is 46.8. The Balaban J connectivity index is 0.000000912. The number of aromatic hydroxyl groups is 2. The molecule has 1 heterocycles. The smallest absolute Gasteiger partial charge is 0.373 e. The van der Waals surface area contributed by atoms with Crippen LogP contribution in [0.1, 0.15) is 68.0 Å². The fourth-order valence-electron chi connectivity index (χ4n) is 5.15. The number of hydrogen-bond acceptors (Lipinski definition) is 15. The summed E-state index contributed by atoms with van der Waals surface area (Å²) in [5.74, 6) is -0.701. The maximum absolute atomic E-state index is 12.6. The van der Waals surface area contributed by atoms with Crippen LogP contribution in [0.2, 0.25) is 0 Å². The fourth-order valence-corrected chi connectivity index (χ4v) is 7.87.